The molecule has 0 aliphatic heterocycles. The number of carbonyl (C=O) groups excluding carboxylic acids is 1. The summed E-state index contributed by atoms with van der Waals surface area (Å²) in [6.07, 6.45) is 1.59. The van der Waals surface area contributed by atoms with Crippen molar-refractivity contribution in [3.63, 3.8) is 0 Å². The number of amidine groups is 1. The van der Waals surface area contributed by atoms with E-state index in [0.29, 0.717) is 5.69 Å². The zero-order valence-electron chi connectivity index (χ0n) is 9.71. The monoisotopic (exact) mass is 244 g/mol. The summed E-state index contributed by atoms with van der Waals surface area (Å²) in [7, 11) is 0. The summed E-state index contributed by atoms with van der Waals surface area (Å²) in [5.41, 5.74) is 9.53. The second kappa shape index (κ2) is 5.09. The number of amides is 1. The van der Waals surface area contributed by atoms with Crippen LogP contribution in [0.1, 0.15) is 21.9 Å². The van der Waals surface area contributed by atoms with Crippen LogP contribution in [-0.4, -0.2) is 26.9 Å². The van der Waals surface area contributed by atoms with Crippen LogP contribution < -0.4 is 11.2 Å². The van der Waals surface area contributed by atoms with Gasteiger partial charge in [0.25, 0.3) is 5.91 Å². The van der Waals surface area contributed by atoms with Gasteiger partial charge in [-0.3, -0.25) is 14.9 Å². The van der Waals surface area contributed by atoms with E-state index in [0.717, 1.165) is 5.69 Å². The summed E-state index contributed by atoms with van der Waals surface area (Å²) >= 11 is 0. The van der Waals surface area contributed by atoms with Crippen LogP contribution in [0, 0.1) is 6.92 Å². The lowest BCUT2D eigenvalue weighted by molar-refractivity contribution is 0.0950. The molecule has 7 heteroatoms. The smallest absolute Gasteiger partial charge is 0.291 e. The topological polar surface area (TPSA) is 109 Å². The quantitative estimate of drug-likeness (QED) is 0.406. The van der Waals surface area contributed by atoms with E-state index in [2.05, 4.69) is 25.7 Å². The highest BCUT2D eigenvalue weighted by Crippen LogP contribution is 1.97. The number of nitrogens with one attached hydrogen (secondary N) is 2. The minimum absolute atomic E-state index is 0.135. The minimum atomic E-state index is -0.432. The molecule has 2 heterocycles. The predicted octanol–water partition coefficient (Wildman–Crippen LogP) is 0.163. The van der Waals surface area contributed by atoms with Gasteiger partial charge in [0.15, 0.2) is 11.5 Å². The first-order chi connectivity index (χ1) is 8.66. The van der Waals surface area contributed by atoms with Gasteiger partial charge in [0.2, 0.25) is 0 Å². The minimum Gasteiger partial charge on any atom is -0.380 e. The first-order valence-corrected chi connectivity index (χ1v) is 5.24. The third-order valence-electron chi connectivity index (χ3n) is 2.14. The molecule has 0 atom stereocenters. The van der Waals surface area contributed by atoms with Gasteiger partial charge in [-0.2, -0.15) is 10.2 Å². The van der Waals surface area contributed by atoms with Crippen LogP contribution in [0.25, 0.3) is 0 Å². The number of pyridine rings is 1. The van der Waals surface area contributed by atoms with Gasteiger partial charge in [-0.15, -0.1) is 0 Å². The molecule has 0 saturated carbocycles. The van der Waals surface area contributed by atoms with Crippen molar-refractivity contribution < 1.29 is 4.79 Å². The van der Waals surface area contributed by atoms with Crippen molar-refractivity contribution in [3.05, 3.63) is 47.5 Å². The maximum Gasteiger partial charge on any atom is 0.291 e. The molecule has 0 bridgehead atoms. The molecule has 4 N–H and O–H groups in total. The molecule has 7 nitrogen and oxygen atoms in total. The van der Waals surface area contributed by atoms with E-state index in [1.165, 1.54) is 0 Å². The predicted molar refractivity (Wildman–Crippen MR) is 65.8 cm³/mol. The molecule has 2 rings (SSSR count). The maximum atomic E-state index is 11.6. The molecule has 0 saturated heterocycles. The first-order valence-electron chi connectivity index (χ1n) is 5.24. The number of aryl methyl sites for hydroxylation is 1. The fourth-order valence-electron chi connectivity index (χ4n) is 1.27. The number of nitrogens with two attached hydrogens (primary N) is 1. The van der Waals surface area contributed by atoms with E-state index in [1.807, 2.05) is 0 Å². The van der Waals surface area contributed by atoms with Gasteiger partial charge in [-0.25, -0.2) is 5.43 Å². The van der Waals surface area contributed by atoms with E-state index < -0.39 is 5.91 Å². The molecule has 0 fully saturated rings. The number of hydrogen-bond acceptors (Lipinski definition) is 4. The van der Waals surface area contributed by atoms with Crippen molar-refractivity contribution in [3.8, 4) is 0 Å². The first kappa shape index (κ1) is 11.8. The molecule has 0 radical (unpaired) electrons. The number of H-pyrrole nitrogens is 1. The Morgan fingerprint density at radius 3 is 2.89 bits per heavy atom. The second-order valence-electron chi connectivity index (χ2n) is 3.59. The summed E-state index contributed by atoms with van der Waals surface area (Å²) in [6.45, 7) is 1.80. The van der Waals surface area contributed by atoms with Gasteiger partial charge >= 0.3 is 0 Å². The van der Waals surface area contributed by atoms with Gasteiger partial charge in [-0.1, -0.05) is 6.07 Å². The molecule has 0 spiro atoms. The van der Waals surface area contributed by atoms with Crippen molar-refractivity contribution in [2.24, 2.45) is 10.8 Å². The number of aromatic amines is 1. The highest BCUT2D eigenvalue weighted by Gasteiger charge is 2.08. The lowest BCUT2D eigenvalue weighted by Gasteiger charge is -1.99. The normalized spacial score (nSPS) is 11.3. The summed E-state index contributed by atoms with van der Waals surface area (Å²) in [4.78, 5) is 15.6. The van der Waals surface area contributed by atoms with Crippen LogP contribution in [0.2, 0.25) is 0 Å². The molecule has 92 valence electrons. The fraction of sp³-hybridized carbons (Fsp3) is 0.0909. The van der Waals surface area contributed by atoms with Crippen molar-refractivity contribution in [2.75, 3.05) is 0 Å². The van der Waals surface area contributed by atoms with E-state index in [4.69, 9.17) is 5.73 Å². The van der Waals surface area contributed by atoms with E-state index >= 15 is 0 Å². The standard InChI is InChI=1S/C11H12N6O/c1-7-6-9(15-14-7)11(18)17-16-10(12)8-4-2-3-5-13-8/h2-6H,1H3,(H2,12,16)(H,14,15)(H,17,18). The van der Waals surface area contributed by atoms with Crippen molar-refractivity contribution in [2.45, 2.75) is 6.92 Å². The third-order valence-corrected chi connectivity index (χ3v) is 2.14. The number of hydrazone groups is 1. The zero-order chi connectivity index (χ0) is 13.0. The molecule has 1 amide bonds. The number of rotatable bonds is 3. The molecule has 2 aromatic rings. The highest BCUT2D eigenvalue weighted by atomic mass is 16.2. The van der Waals surface area contributed by atoms with Crippen LogP contribution in [0.4, 0.5) is 0 Å². The van der Waals surface area contributed by atoms with Crippen LogP contribution in [0.3, 0.4) is 0 Å². The lowest BCUT2D eigenvalue weighted by Crippen LogP contribution is -2.24. The second-order valence-corrected chi connectivity index (χ2v) is 3.59. The molecule has 18 heavy (non-hydrogen) atoms. The van der Waals surface area contributed by atoms with Crippen LogP contribution in [0.5, 0.6) is 0 Å². The fourth-order valence-corrected chi connectivity index (χ4v) is 1.27. The van der Waals surface area contributed by atoms with Gasteiger partial charge in [-0.05, 0) is 25.1 Å². The molecule has 0 aliphatic carbocycles. The molecule has 0 unspecified atom stereocenters. The van der Waals surface area contributed by atoms with Crippen molar-refractivity contribution >= 4 is 11.7 Å². The maximum absolute atomic E-state index is 11.6. The molecular formula is C11H12N6O. The highest BCUT2D eigenvalue weighted by molar-refractivity contribution is 5.98. The lowest BCUT2D eigenvalue weighted by atomic mass is 10.3. The van der Waals surface area contributed by atoms with Crippen LogP contribution in [-0.2, 0) is 0 Å². The average Bonchev–Trinajstić information content (AvgIpc) is 2.83. The average molecular weight is 244 g/mol. The molecule has 2 aromatic heterocycles. The largest absolute Gasteiger partial charge is 0.380 e. The van der Waals surface area contributed by atoms with Gasteiger partial charge in [0.05, 0.1) is 0 Å². The Morgan fingerprint density at radius 1 is 1.44 bits per heavy atom. The number of carbonyl (C=O) groups is 1. The van der Waals surface area contributed by atoms with Crippen LogP contribution in [0.15, 0.2) is 35.6 Å². The number of hydrogen-bond donors (Lipinski definition) is 3. The Morgan fingerprint density at radius 2 is 2.28 bits per heavy atom. The molecule has 0 aliphatic rings. The molecule has 0 aromatic carbocycles. The van der Waals surface area contributed by atoms with E-state index in [9.17, 15) is 4.79 Å². The Labute approximate surface area is 103 Å². The molecular weight excluding hydrogens is 232 g/mol. The zero-order valence-corrected chi connectivity index (χ0v) is 9.71. The Balaban J connectivity index is 2.05. The summed E-state index contributed by atoms with van der Waals surface area (Å²) in [5.74, 6) is -0.297. The third kappa shape index (κ3) is 2.70. The Bertz CT molecular complexity index is 574. The van der Waals surface area contributed by atoms with E-state index in [1.54, 1.807) is 37.4 Å². The number of nitrogens with zero attached hydrogens (tertiary/aromatic N) is 3. The SMILES string of the molecule is Cc1cc(C(=O)N/N=C(\N)c2ccccn2)n[nH]1. The summed E-state index contributed by atoms with van der Waals surface area (Å²) in [5, 5.41) is 10.2. The van der Waals surface area contributed by atoms with Crippen molar-refractivity contribution in [1.82, 2.24) is 20.6 Å². The Kier molecular flexibility index (Phi) is 3.33. The summed E-state index contributed by atoms with van der Waals surface area (Å²) in [6, 6.07) is 6.86. The van der Waals surface area contributed by atoms with Gasteiger partial charge in [0, 0.05) is 11.9 Å². The van der Waals surface area contributed by atoms with Crippen LogP contribution >= 0.6 is 0 Å². The van der Waals surface area contributed by atoms with Gasteiger partial charge in [0.1, 0.15) is 5.69 Å². The number of aromatic nitrogens is 3. The van der Waals surface area contributed by atoms with Crippen molar-refractivity contribution in [1.29, 1.82) is 0 Å². The Hall–Kier alpha value is -2.70. The van der Waals surface area contributed by atoms with Gasteiger partial charge < -0.3 is 5.73 Å². The van der Waals surface area contributed by atoms with E-state index in [-0.39, 0.29) is 11.5 Å². The summed E-state index contributed by atoms with van der Waals surface area (Å²) < 4.78 is 0.